The number of nitrogens with zero attached hydrogens (tertiary/aromatic N) is 1. The number of aromatic nitrogens is 1. The first kappa shape index (κ1) is 11.7. The zero-order valence-electron chi connectivity index (χ0n) is 10.3. The molecule has 17 heavy (non-hydrogen) atoms. The highest BCUT2D eigenvalue weighted by Gasteiger charge is 2.11. The first-order valence-electron chi connectivity index (χ1n) is 5.47. The van der Waals surface area contributed by atoms with Crippen LogP contribution in [0.3, 0.4) is 0 Å². The number of nitrogens with two attached hydrogens (primary N) is 1. The van der Waals surface area contributed by atoms with Crippen molar-refractivity contribution in [1.82, 2.24) is 4.98 Å². The third-order valence-electron chi connectivity index (χ3n) is 2.67. The van der Waals surface area contributed by atoms with Gasteiger partial charge in [0.1, 0.15) is 5.75 Å². The summed E-state index contributed by atoms with van der Waals surface area (Å²) in [4.78, 5) is 4.25. The summed E-state index contributed by atoms with van der Waals surface area (Å²) in [5.41, 5.74) is 8.42. The van der Waals surface area contributed by atoms with Crippen LogP contribution in [0.2, 0.25) is 0 Å². The van der Waals surface area contributed by atoms with Crippen LogP contribution < -0.4 is 10.5 Å². The van der Waals surface area contributed by atoms with E-state index in [1.807, 2.05) is 32.0 Å². The summed E-state index contributed by atoms with van der Waals surface area (Å²) in [6, 6.07) is 5.90. The van der Waals surface area contributed by atoms with E-state index >= 15 is 0 Å². The van der Waals surface area contributed by atoms with Gasteiger partial charge in [-0.25, -0.2) is 4.98 Å². The fraction of sp³-hybridized carbons (Fsp3) is 0.308. The standard InChI is InChI=1S/C13H16N2O2/c1-8-6-10(4-5-11(8)16-3)13-9(2)15-12(7-14)17-13/h4-6H,7,14H2,1-3H3. The average Bonchev–Trinajstić information content (AvgIpc) is 2.70. The maximum Gasteiger partial charge on any atom is 0.208 e. The van der Waals surface area contributed by atoms with E-state index in [9.17, 15) is 0 Å². The van der Waals surface area contributed by atoms with Crippen LogP contribution in [-0.2, 0) is 6.54 Å². The molecule has 1 heterocycles. The van der Waals surface area contributed by atoms with Gasteiger partial charge in [-0.2, -0.15) is 0 Å². The van der Waals surface area contributed by atoms with Crippen molar-refractivity contribution in [1.29, 1.82) is 0 Å². The molecule has 0 radical (unpaired) electrons. The molecule has 4 heteroatoms. The van der Waals surface area contributed by atoms with E-state index in [4.69, 9.17) is 14.9 Å². The molecule has 2 N–H and O–H groups in total. The Labute approximate surface area is 100 Å². The van der Waals surface area contributed by atoms with Gasteiger partial charge in [-0.15, -0.1) is 0 Å². The Morgan fingerprint density at radius 1 is 1.35 bits per heavy atom. The molecule has 0 spiro atoms. The summed E-state index contributed by atoms with van der Waals surface area (Å²) in [7, 11) is 1.66. The zero-order chi connectivity index (χ0) is 12.4. The predicted octanol–water partition coefficient (Wildman–Crippen LogP) is 2.43. The molecule has 0 atom stereocenters. The van der Waals surface area contributed by atoms with Crippen LogP contribution in [0.5, 0.6) is 5.75 Å². The van der Waals surface area contributed by atoms with Gasteiger partial charge in [0.05, 0.1) is 19.3 Å². The lowest BCUT2D eigenvalue weighted by Gasteiger charge is -2.05. The molecule has 0 unspecified atom stereocenters. The normalized spacial score (nSPS) is 10.6. The number of aryl methyl sites for hydroxylation is 2. The Hall–Kier alpha value is -1.81. The maximum absolute atomic E-state index is 5.60. The summed E-state index contributed by atoms with van der Waals surface area (Å²) in [6.07, 6.45) is 0. The minimum absolute atomic E-state index is 0.315. The van der Waals surface area contributed by atoms with E-state index in [-0.39, 0.29) is 0 Å². The highest BCUT2D eigenvalue weighted by atomic mass is 16.5. The van der Waals surface area contributed by atoms with Gasteiger partial charge in [-0.3, -0.25) is 0 Å². The fourth-order valence-corrected chi connectivity index (χ4v) is 1.83. The van der Waals surface area contributed by atoms with Gasteiger partial charge in [0.25, 0.3) is 0 Å². The molecule has 0 fully saturated rings. The van der Waals surface area contributed by atoms with Crippen molar-refractivity contribution >= 4 is 0 Å². The van der Waals surface area contributed by atoms with Gasteiger partial charge < -0.3 is 14.9 Å². The topological polar surface area (TPSA) is 61.3 Å². The van der Waals surface area contributed by atoms with Crippen LogP contribution in [0.1, 0.15) is 17.1 Å². The van der Waals surface area contributed by atoms with Crippen molar-refractivity contribution in [3.8, 4) is 17.1 Å². The summed E-state index contributed by atoms with van der Waals surface area (Å²) in [5, 5.41) is 0. The van der Waals surface area contributed by atoms with Gasteiger partial charge in [0.15, 0.2) is 5.76 Å². The molecular weight excluding hydrogens is 216 g/mol. The van der Waals surface area contributed by atoms with Gasteiger partial charge in [-0.1, -0.05) is 0 Å². The molecule has 0 aliphatic carbocycles. The molecule has 0 saturated carbocycles. The molecule has 0 amide bonds. The summed E-state index contributed by atoms with van der Waals surface area (Å²) in [5.74, 6) is 2.20. The van der Waals surface area contributed by atoms with Gasteiger partial charge in [0, 0.05) is 5.56 Å². The number of benzene rings is 1. The van der Waals surface area contributed by atoms with Crippen molar-refractivity contribution in [3.05, 3.63) is 35.3 Å². The van der Waals surface area contributed by atoms with Gasteiger partial charge in [-0.05, 0) is 37.6 Å². The molecule has 0 aliphatic rings. The van der Waals surface area contributed by atoms with Crippen LogP contribution in [-0.4, -0.2) is 12.1 Å². The molecule has 2 aromatic rings. The smallest absolute Gasteiger partial charge is 0.208 e. The lowest BCUT2D eigenvalue weighted by atomic mass is 10.1. The van der Waals surface area contributed by atoms with Crippen molar-refractivity contribution in [2.24, 2.45) is 5.73 Å². The summed E-state index contributed by atoms with van der Waals surface area (Å²) in [6.45, 7) is 4.23. The van der Waals surface area contributed by atoms with E-state index < -0.39 is 0 Å². The third-order valence-corrected chi connectivity index (χ3v) is 2.67. The Bertz CT molecular complexity index is 532. The molecular formula is C13H16N2O2. The number of oxazole rings is 1. The Morgan fingerprint density at radius 3 is 2.65 bits per heavy atom. The van der Waals surface area contributed by atoms with Gasteiger partial charge >= 0.3 is 0 Å². The van der Waals surface area contributed by atoms with E-state index in [0.29, 0.717) is 12.4 Å². The lowest BCUT2D eigenvalue weighted by molar-refractivity contribution is 0.411. The maximum atomic E-state index is 5.60. The number of rotatable bonds is 3. The minimum Gasteiger partial charge on any atom is -0.496 e. The van der Waals surface area contributed by atoms with E-state index in [2.05, 4.69) is 4.98 Å². The molecule has 0 saturated heterocycles. The van der Waals surface area contributed by atoms with Crippen molar-refractivity contribution in [3.63, 3.8) is 0 Å². The van der Waals surface area contributed by atoms with E-state index in [0.717, 1.165) is 28.3 Å². The molecule has 1 aromatic heterocycles. The number of methoxy groups -OCH3 is 1. The second-order valence-electron chi connectivity index (χ2n) is 3.91. The van der Waals surface area contributed by atoms with Crippen LogP contribution in [0.4, 0.5) is 0 Å². The average molecular weight is 232 g/mol. The largest absolute Gasteiger partial charge is 0.496 e. The molecule has 0 bridgehead atoms. The highest BCUT2D eigenvalue weighted by Crippen LogP contribution is 2.28. The number of hydrogen-bond donors (Lipinski definition) is 1. The Morgan fingerprint density at radius 2 is 2.12 bits per heavy atom. The lowest BCUT2D eigenvalue weighted by Crippen LogP contribution is -1.95. The predicted molar refractivity (Wildman–Crippen MR) is 65.9 cm³/mol. The second kappa shape index (κ2) is 4.59. The van der Waals surface area contributed by atoms with E-state index in [1.165, 1.54) is 0 Å². The monoisotopic (exact) mass is 232 g/mol. The quantitative estimate of drug-likeness (QED) is 0.882. The Kier molecular flexibility index (Phi) is 3.15. The Balaban J connectivity index is 2.45. The zero-order valence-corrected chi connectivity index (χ0v) is 10.3. The fourth-order valence-electron chi connectivity index (χ4n) is 1.83. The molecule has 2 rings (SSSR count). The summed E-state index contributed by atoms with van der Waals surface area (Å²) < 4.78 is 10.8. The number of hydrogen-bond acceptors (Lipinski definition) is 4. The second-order valence-corrected chi connectivity index (χ2v) is 3.91. The van der Waals surface area contributed by atoms with Crippen molar-refractivity contribution in [2.45, 2.75) is 20.4 Å². The van der Waals surface area contributed by atoms with Gasteiger partial charge in [0.2, 0.25) is 5.89 Å². The first-order chi connectivity index (χ1) is 8.15. The van der Waals surface area contributed by atoms with Crippen LogP contribution in [0, 0.1) is 13.8 Å². The molecule has 0 aliphatic heterocycles. The third kappa shape index (κ3) is 2.17. The van der Waals surface area contributed by atoms with Crippen molar-refractivity contribution < 1.29 is 9.15 Å². The highest BCUT2D eigenvalue weighted by molar-refractivity contribution is 5.62. The minimum atomic E-state index is 0.315. The SMILES string of the molecule is COc1ccc(-c2oc(CN)nc2C)cc1C. The molecule has 4 nitrogen and oxygen atoms in total. The van der Waals surface area contributed by atoms with Crippen LogP contribution in [0.15, 0.2) is 22.6 Å². The molecule has 1 aromatic carbocycles. The molecule has 90 valence electrons. The summed E-state index contributed by atoms with van der Waals surface area (Å²) >= 11 is 0. The first-order valence-corrected chi connectivity index (χ1v) is 5.47. The van der Waals surface area contributed by atoms with Crippen LogP contribution in [0.25, 0.3) is 11.3 Å². The van der Waals surface area contributed by atoms with Crippen LogP contribution >= 0.6 is 0 Å². The van der Waals surface area contributed by atoms with E-state index in [1.54, 1.807) is 7.11 Å². The van der Waals surface area contributed by atoms with Crippen molar-refractivity contribution in [2.75, 3.05) is 7.11 Å². The number of ether oxygens (including phenoxy) is 1.